The first-order valence-corrected chi connectivity index (χ1v) is 17.9. The van der Waals surface area contributed by atoms with Gasteiger partial charge in [-0.3, -0.25) is 0 Å². The van der Waals surface area contributed by atoms with Gasteiger partial charge >= 0.3 is 17.1 Å². The fourth-order valence-electron chi connectivity index (χ4n) is 7.97. The third kappa shape index (κ3) is 9.22. The molecule has 2 aliphatic heterocycles. The van der Waals surface area contributed by atoms with Gasteiger partial charge in [-0.25, -0.2) is 0 Å². The van der Waals surface area contributed by atoms with E-state index in [0.717, 1.165) is 57.6 Å². The van der Waals surface area contributed by atoms with Crippen LogP contribution in [0.2, 0.25) is 0 Å². The van der Waals surface area contributed by atoms with Crippen molar-refractivity contribution >= 4 is 15.8 Å². The van der Waals surface area contributed by atoms with E-state index < -0.39 is 0 Å². The van der Waals surface area contributed by atoms with E-state index in [0.29, 0.717) is 15.8 Å². The van der Waals surface area contributed by atoms with Crippen LogP contribution in [0.5, 0.6) is 0 Å². The maximum Gasteiger partial charge on any atom is 2.00 e. The van der Waals surface area contributed by atoms with E-state index in [9.17, 15) is 0 Å². The van der Waals surface area contributed by atoms with Crippen LogP contribution in [0, 0.1) is 38.5 Å². The molecule has 4 rings (SSSR count). The first kappa shape index (κ1) is 36.4. The van der Waals surface area contributed by atoms with Gasteiger partial charge < -0.3 is 14.9 Å². The van der Waals surface area contributed by atoms with Crippen LogP contribution in [-0.4, -0.2) is 34.0 Å². The van der Waals surface area contributed by atoms with Crippen LogP contribution in [0.15, 0.2) is 0 Å². The molecule has 0 amide bonds. The summed E-state index contributed by atoms with van der Waals surface area (Å²) in [5.41, 5.74) is 6.71. The Balaban J connectivity index is 0.000000608. The third-order valence-electron chi connectivity index (χ3n) is 9.62. The first-order chi connectivity index (χ1) is 15.2. The van der Waals surface area contributed by atoms with Crippen molar-refractivity contribution in [3.8, 4) is 0 Å². The molecule has 2 saturated carbocycles. The number of hydrogen-bond acceptors (Lipinski definition) is 0. The molecule has 0 radical (unpaired) electrons. The predicted octanol–water partition coefficient (Wildman–Crippen LogP) is 11.4. The van der Waals surface area contributed by atoms with Crippen LogP contribution in [0.3, 0.4) is 0 Å². The van der Waals surface area contributed by atoms with Crippen LogP contribution in [0.1, 0.15) is 132 Å². The molecule has 2 aliphatic carbocycles. The van der Waals surface area contributed by atoms with Gasteiger partial charge in [0.2, 0.25) is 0 Å². The van der Waals surface area contributed by atoms with Crippen LogP contribution in [0.4, 0.5) is 0 Å². The Labute approximate surface area is 237 Å². The molecule has 0 aromatic heterocycles. The molecular formula is C32H64FeP2. The van der Waals surface area contributed by atoms with Gasteiger partial charge in [-0.15, -0.1) is 0 Å². The minimum Gasteiger partial charge on any atom is -0.358 e. The molecule has 4 aliphatic rings. The topological polar surface area (TPSA) is 0 Å². The van der Waals surface area contributed by atoms with E-state index in [1.54, 1.807) is 51.4 Å². The Hall–Kier alpha value is 1.38. The maximum atomic E-state index is 2.47. The summed E-state index contributed by atoms with van der Waals surface area (Å²) in [4.78, 5) is 0. The van der Waals surface area contributed by atoms with Gasteiger partial charge in [-0.05, 0) is 109 Å². The molecule has 35 heavy (non-hydrogen) atoms. The quantitative estimate of drug-likeness (QED) is 0.170. The van der Waals surface area contributed by atoms with Gasteiger partial charge in [0.05, 0.1) is 0 Å². The smallest absolute Gasteiger partial charge is 0.358 e. The molecule has 3 heteroatoms. The normalized spacial score (nSPS) is 30.5. The van der Waals surface area contributed by atoms with Crippen molar-refractivity contribution in [2.75, 3.05) is 0 Å². The molecule has 4 atom stereocenters. The van der Waals surface area contributed by atoms with Gasteiger partial charge in [0, 0.05) is 0 Å². The zero-order valence-electron chi connectivity index (χ0n) is 25.5. The molecular weight excluding hydrogens is 502 g/mol. The zero-order chi connectivity index (χ0) is 23.4. The van der Waals surface area contributed by atoms with Crippen molar-refractivity contribution in [3.05, 3.63) is 14.9 Å². The fourth-order valence-corrected chi connectivity index (χ4v) is 17.6. The van der Waals surface area contributed by atoms with E-state index in [1.165, 1.54) is 25.7 Å². The molecule has 0 aromatic rings. The summed E-state index contributed by atoms with van der Waals surface area (Å²) in [5.74, 6) is 3.76. The summed E-state index contributed by atoms with van der Waals surface area (Å²) >= 11 is 0. The van der Waals surface area contributed by atoms with Crippen LogP contribution < -0.4 is 0 Å². The van der Waals surface area contributed by atoms with Crippen molar-refractivity contribution in [1.29, 1.82) is 0 Å². The van der Waals surface area contributed by atoms with Crippen LogP contribution >= 0.6 is 15.8 Å². The second-order valence-electron chi connectivity index (χ2n) is 13.2. The average Bonchev–Trinajstić information content (AvgIpc) is 3.54. The van der Waals surface area contributed by atoms with Gasteiger partial charge in [0.1, 0.15) is 0 Å². The summed E-state index contributed by atoms with van der Waals surface area (Å²) in [6.07, 6.45) is 18.6. The van der Waals surface area contributed by atoms with E-state index in [-0.39, 0.29) is 31.9 Å². The van der Waals surface area contributed by atoms with E-state index in [2.05, 4.69) is 55.4 Å². The zero-order valence-corrected chi connectivity index (χ0v) is 28.4. The van der Waals surface area contributed by atoms with Crippen molar-refractivity contribution in [3.63, 3.8) is 0 Å². The average molecular weight is 567 g/mol. The Morgan fingerprint density at radius 3 is 0.771 bits per heavy atom. The van der Waals surface area contributed by atoms with Crippen molar-refractivity contribution in [1.82, 2.24) is 0 Å². The fraction of sp³-hybridized carbons (Fsp3) is 0.938. The van der Waals surface area contributed by atoms with E-state index >= 15 is 0 Å². The van der Waals surface area contributed by atoms with E-state index in [4.69, 9.17) is 0 Å². The Morgan fingerprint density at radius 1 is 0.400 bits per heavy atom. The molecule has 2 saturated heterocycles. The largest absolute Gasteiger partial charge is 2.00 e. The first-order valence-electron chi connectivity index (χ1n) is 14.8. The second-order valence-corrected chi connectivity index (χ2v) is 19.1. The molecule has 0 N–H and O–H groups in total. The van der Waals surface area contributed by atoms with E-state index in [1.807, 2.05) is 0 Å². The summed E-state index contributed by atoms with van der Waals surface area (Å²) in [7, 11) is 0.696. The minimum atomic E-state index is 0. The molecule has 4 fully saturated rings. The molecule has 0 spiro atoms. The summed E-state index contributed by atoms with van der Waals surface area (Å²) < 4.78 is 0. The Kier molecular flexibility index (Phi) is 17.8. The van der Waals surface area contributed by atoms with Crippen molar-refractivity contribution in [2.45, 2.75) is 166 Å². The molecule has 210 valence electrons. The van der Waals surface area contributed by atoms with Crippen LogP contribution in [-0.2, 0) is 17.1 Å². The predicted molar refractivity (Wildman–Crippen MR) is 164 cm³/mol. The van der Waals surface area contributed by atoms with Gasteiger partial charge in [0.25, 0.3) is 0 Å². The maximum absolute atomic E-state index is 2.47. The second kappa shape index (κ2) is 17.1. The van der Waals surface area contributed by atoms with Gasteiger partial charge in [-0.1, -0.05) is 96.9 Å². The molecule has 0 unspecified atom stereocenters. The summed E-state index contributed by atoms with van der Waals surface area (Å²) in [5, 5.41) is 0. The SMILES string of the molecule is CC(C)[C@H]1CC[C@H](C(C)C)P1C1CCCC1.CC(C)[C@H]1CC[C@H](C(C)C)P1C1CCCC1.[CH3-].[CH3-].[Fe+2]. The number of rotatable bonds is 6. The summed E-state index contributed by atoms with van der Waals surface area (Å²) in [6, 6.07) is 0. The molecule has 0 aromatic carbocycles. The summed E-state index contributed by atoms with van der Waals surface area (Å²) in [6.45, 7) is 19.8. The van der Waals surface area contributed by atoms with Gasteiger partial charge in [-0.2, -0.15) is 0 Å². The molecule has 0 nitrogen and oxygen atoms in total. The van der Waals surface area contributed by atoms with Crippen LogP contribution in [0.25, 0.3) is 0 Å². The minimum absolute atomic E-state index is 0. The molecule has 2 heterocycles. The van der Waals surface area contributed by atoms with Gasteiger partial charge in [0.15, 0.2) is 0 Å². The van der Waals surface area contributed by atoms with Crippen molar-refractivity contribution in [2.24, 2.45) is 23.7 Å². The third-order valence-corrected chi connectivity index (χ3v) is 18.8. The molecule has 0 bridgehead atoms. The Morgan fingerprint density at radius 2 is 0.600 bits per heavy atom. The Bertz CT molecular complexity index is 454. The standard InChI is InChI=1S/2C15H29P.2CH3.Fe/c2*1-11(2)14-9-10-15(12(3)4)16(14)13-7-5-6-8-13;;;/h2*11-15H,5-10H2,1-4H3;2*1H3;/q;;2*-1;+2/t2*14-,15-;;;/m11.../s1. The number of hydrogen-bond donors (Lipinski definition) is 0. The monoisotopic (exact) mass is 566 g/mol. The van der Waals surface area contributed by atoms with Crippen molar-refractivity contribution < 1.29 is 17.1 Å².